The van der Waals surface area contributed by atoms with Crippen LogP contribution in [0.15, 0.2) is 23.1 Å². The zero-order valence-corrected chi connectivity index (χ0v) is 10.3. The Kier molecular flexibility index (Phi) is 3.46. The second kappa shape index (κ2) is 5.05. The SMILES string of the molecule is Cn1cc(C(=O)NC2CCC(=O)NC2=O)ccc1=O. The average molecular weight is 263 g/mol. The van der Waals surface area contributed by atoms with Crippen LogP contribution in [0.25, 0.3) is 0 Å². The quantitative estimate of drug-likeness (QED) is 0.663. The largest absolute Gasteiger partial charge is 0.340 e. The molecule has 1 saturated heterocycles. The maximum Gasteiger partial charge on any atom is 0.253 e. The molecule has 0 bridgehead atoms. The molecule has 1 aromatic heterocycles. The van der Waals surface area contributed by atoms with Crippen LogP contribution in [0.2, 0.25) is 0 Å². The van der Waals surface area contributed by atoms with Gasteiger partial charge in [-0.1, -0.05) is 0 Å². The van der Waals surface area contributed by atoms with Crippen LogP contribution in [0.3, 0.4) is 0 Å². The summed E-state index contributed by atoms with van der Waals surface area (Å²) in [6.07, 6.45) is 1.87. The summed E-state index contributed by atoms with van der Waals surface area (Å²) in [5.74, 6) is -1.29. The first-order valence-electron chi connectivity index (χ1n) is 5.78. The molecule has 0 spiro atoms. The van der Waals surface area contributed by atoms with Gasteiger partial charge in [0, 0.05) is 25.7 Å². The van der Waals surface area contributed by atoms with E-state index in [9.17, 15) is 19.2 Å². The van der Waals surface area contributed by atoms with E-state index in [1.165, 1.54) is 29.9 Å². The molecule has 7 heteroatoms. The first-order valence-corrected chi connectivity index (χ1v) is 5.78. The number of carbonyl (C=O) groups is 3. The van der Waals surface area contributed by atoms with E-state index in [0.29, 0.717) is 0 Å². The van der Waals surface area contributed by atoms with E-state index >= 15 is 0 Å². The molecule has 0 saturated carbocycles. The normalized spacial score (nSPS) is 18.9. The van der Waals surface area contributed by atoms with Gasteiger partial charge in [-0.2, -0.15) is 0 Å². The van der Waals surface area contributed by atoms with Gasteiger partial charge in [0.25, 0.3) is 5.91 Å². The van der Waals surface area contributed by atoms with E-state index in [-0.39, 0.29) is 29.9 Å². The summed E-state index contributed by atoms with van der Waals surface area (Å²) in [7, 11) is 1.53. The van der Waals surface area contributed by atoms with Gasteiger partial charge in [0.2, 0.25) is 17.4 Å². The Balaban J connectivity index is 2.08. The van der Waals surface area contributed by atoms with Gasteiger partial charge in [-0.25, -0.2) is 0 Å². The van der Waals surface area contributed by atoms with Crippen molar-refractivity contribution in [2.75, 3.05) is 0 Å². The van der Waals surface area contributed by atoms with Crippen LogP contribution in [0.5, 0.6) is 0 Å². The molecule has 1 aliphatic heterocycles. The lowest BCUT2D eigenvalue weighted by Gasteiger charge is -2.21. The standard InChI is InChI=1S/C12H13N3O4/c1-15-6-7(2-5-10(15)17)11(18)13-8-3-4-9(16)14-12(8)19/h2,5-6,8H,3-4H2,1H3,(H,13,18)(H,14,16,19). The molecule has 2 heterocycles. The fraction of sp³-hybridized carbons (Fsp3) is 0.333. The van der Waals surface area contributed by atoms with Crippen molar-refractivity contribution < 1.29 is 14.4 Å². The summed E-state index contributed by atoms with van der Waals surface area (Å²) in [5.41, 5.74) is 0.0596. The van der Waals surface area contributed by atoms with Gasteiger partial charge in [0.05, 0.1) is 5.56 Å². The summed E-state index contributed by atoms with van der Waals surface area (Å²) in [6, 6.07) is 1.95. The molecule has 2 rings (SSSR count). The molecule has 7 nitrogen and oxygen atoms in total. The Bertz CT molecular complexity index is 605. The highest BCUT2D eigenvalue weighted by Gasteiger charge is 2.28. The molecular weight excluding hydrogens is 250 g/mol. The van der Waals surface area contributed by atoms with Crippen LogP contribution in [-0.2, 0) is 16.6 Å². The monoisotopic (exact) mass is 263 g/mol. The zero-order chi connectivity index (χ0) is 14.0. The molecule has 2 N–H and O–H groups in total. The summed E-state index contributed by atoms with van der Waals surface area (Å²) in [6.45, 7) is 0. The zero-order valence-electron chi connectivity index (χ0n) is 10.3. The molecule has 1 unspecified atom stereocenters. The fourth-order valence-corrected chi connectivity index (χ4v) is 1.80. The smallest absolute Gasteiger partial charge is 0.253 e. The highest BCUT2D eigenvalue weighted by molar-refractivity contribution is 6.03. The minimum absolute atomic E-state index is 0.198. The summed E-state index contributed by atoms with van der Waals surface area (Å²) >= 11 is 0. The molecule has 1 atom stereocenters. The second-order valence-corrected chi connectivity index (χ2v) is 4.34. The number of pyridine rings is 1. The molecular formula is C12H13N3O4. The van der Waals surface area contributed by atoms with Crippen LogP contribution in [0.4, 0.5) is 0 Å². The van der Waals surface area contributed by atoms with E-state index in [0.717, 1.165) is 0 Å². The molecule has 0 radical (unpaired) electrons. The Morgan fingerprint density at radius 2 is 2.11 bits per heavy atom. The number of aromatic nitrogens is 1. The number of nitrogens with zero attached hydrogens (tertiary/aromatic N) is 1. The predicted octanol–water partition coefficient (Wildman–Crippen LogP) is -1.08. The third-order valence-electron chi connectivity index (χ3n) is 2.89. The molecule has 100 valence electrons. The third-order valence-corrected chi connectivity index (χ3v) is 2.89. The first kappa shape index (κ1) is 13.0. The fourth-order valence-electron chi connectivity index (χ4n) is 1.80. The third kappa shape index (κ3) is 2.87. The van der Waals surface area contributed by atoms with Crippen LogP contribution >= 0.6 is 0 Å². The van der Waals surface area contributed by atoms with Crippen molar-refractivity contribution in [1.82, 2.24) is 15.2 Å². The highest BCUT2D eigenvalue weighted by atomic mass is 16.2. The number of hydrogen-bond acceptors (Lipinski definition) is 4. The van der Waals surface area contributed by atoms with E-state index < -0.39 is 17.9 Å². The van der Waals surface area contributed by atoms with E-state index in [1.54, 1.807) is 0 Å². The minimum atomic E-state index is -0.720. The number of aryl methyl sites for hydroxylation is 1. The van der Waals surface area contributed by atoms with Crippen molar-refractivity contribution >= 4 is 17.7 Å². The van der Waals surface area contributed by atoms with Gasteiger partial charge in [-0.05, 0) is 12.5 Å². The van der Waals surface area contributed by atoms with Crippen molar-refractivity contribution in [2.24, 2.45) is 7.05 Å². The second-order valence-electron chi connectivity index (χ2n) is 4.34. The number of amides is 3. The van der Waals surface area contributed by atoms with Gasteiger partial charge < -0.3 is 9.88 Å². The van der Waals surface area contributed by atoms with Crippen LogP contribution in [0, 0.1) is 0 Å². The van der Waals surface area contributed by atoms with Crippen LogP contribution in [-0.4, -0.2) is 28.3 Å². The average Bonchev–Trinajstić information content (AvgIpc) is 2.36. The van der Waals surface area contributed by atoms with E-state index in [2.05, 4.69) is 10.6 Å². The molecule has 19 heavy (non-hydrogen) atoms. The van der Waals surface area contributed by atoms with Crippen LogP contribution < -0.4 is 16.2 Å². The van der Waals surface area contributed by atoms with Crippen molar-refractivity contribution in [3.63, 3.8) is 0 Å². The molecule has 3 amide bonds. The number of imide groups is 1. The van der Waals surface area contributed by atoms with Gasteiger partial charge in [0.1, 0.15) is 6.04 Å². The summed E-state index contributed by atoms with van der Waals surface area (Å²) in [5, 5.41) is 4.69. The topological polar surface area (TPSA) is 97.3 Å². The lowest BCUT2D eigenvalue weighted by molar-refractivity contribution is -0.134. The molecule has 1 aromatic rings. The number of rotatable bonds is 2. The van der Waals surface area contributed by atoms with Gasteiger partial charge in [0.15, 0.2) is 0 Å². The maximum atomic E-state index is 11.9. The molecule has 0 aromatic carbocycles. The lowest BCUT2D eigenvalue weighted by atomic mass is 10.1. The highest BCUT2D eigenvalue weighted by Crippen LogP contribution is 2.05. The minimum Gasteiger partial charge on any atom is -0.340 e. The Hall–Kier alpha value is -2.44. The lowest BCUT2D eigenvalue weighted by Crippen LogP contribution is -2.52. The molecule has 1 aliphatic rings. The van der Waals surface area contributed by atoms with Crippen LogP contribution in [0.1, 0.15) is 23.2 Å². The summed E-state index contributed by atoms with van der Waals surface area (Å²) in [4.78, 5) is 45.6. The number of carbonyl (C=O) groups excluding carboxylic acids is 3. The molecule has 1 fully saturated rings. The number of hydrogen-bond donors (Lipinski definition) is 2. The van der Waals surface area contributed by atoms with E-state index in [1.807, 2.05) is 0 Å². The Labute approximate surface area is 108 Å². The maximum absolute atomic E-state index is 11.9. The van der Waals surface area contributed by atoms with Crippen molar-refractivity contribution in [3.05, 3.63) is 34.2 Å². The number of piperidine rings is 1. The first-order chi connectivity index (χ1) is 8.97. The summed E-state index contributed by atoms with van der Waals surface area (Å²) < 4.78 is 1.28. The number of nitrogens with one attached hydrogen (secondary N) is 2. The van der Waals surface area contributed by atoms with Crippen molar-refractivity contribution in [3.8, 4) is 0 Å². The Morgan fingerprint density at radius 3 is 2.74 bits per heavy atom. The molecule has 0 aliphatic carbocycles. The van der Waals surface area contributed by atoms with Gasteiger partial charge in [-0.15, -0.1) is 0 Å². The van der Waals surface area contributed by atoms with Crippen molar-refractivity contribution in [2.45, 2.75) is 18.9 Å². The Morgan fingerprint density at radius 1 is 1.37 bits per heavy atom. The predicted molar refractivity (Wildman–Crippen MR) is 65.3 cm³/mol. The van der Waals surface area contributed by atoms with Gasteiger partial charge >= 0.3 is 0 Å². The van der Waals surface area contributed by atoms with E-state index in [4.69, 9.17) is 0 Å². The van der Waals surface area contributed by atoms with Crippen molar-refractivity contribution in [1.29, 1.82) is 0 Å². The van der Waals surface area contributed by atoms with Gasteiger partial charge in [-0.3, -0.25) is 24.5 Å².